The summed E-state index contributed by atoms with van der Waals surface area (Å²) < 4.78 is 0. The van der Waals surface area contributed by atoms with Crippen LogP contribution in [0.1, 0.15) is 0 Å². The molecule has 0 aromatic carbocycles. The van der Waals surface area contributed by atoms with Crippen molar-refractivity contribution in [2.75, 3.05) is 0 Å². The van der Waals surface area contributed by atoms with Crippen LogP contribution in [0.4, 0.5) is 0 Å². The van der Waals surface area contributed by atoms with Gasteiger partial charge in [-0.2, -0.15) is 0 Å². The van der Waals surface area contributed by atoms with Gasteiger partial charge in [-0.15, -0.1) is 25.3 Å². The Bertz CT molecular complexity index is 126. The fourth-order valence-electron chi connectivity index (χ4n) is 0.309. The third-order valence-corrected chi connectivity index (χ3v) is 1.45. The van der Waals surface area contributed by atoms with E-state index in [-0.39, 0.29) is 0 Å². The molecule has 0 aromatic rings. The van der Waals surface area contributed by atoms with Crippen LogP contribution in [-0.2, 0) is 4.79 Å². The van der Waals surface area contributed by atoms with Crippen LogP contribution >= 0.6 is 25.3 Å². The average Bonchev–Trinajstić information content (AvgIpc) is 1.84. The van der Waals surface area contributed by atoms with Crippen molar-refractivity contribution in [1.82, 2.24) is 0 Å². The Kier molecular flexibility index (Phi) is 4.30. The number of hydrogen-bond acceptors (Lipinski definition) is 5. The summed E-state index contributed by atoms with van der Waals surface area (Å²) in [5, 5.41) is 25.0. The van der Waals surface area contributed by atoms with Crippen LogP contribution in [0.5, 0.6) is 0 Å². The first-order valence-electron chi connectivity index (χ1n) is 2.42. The highest BCUT2D eigenvalue weighted by molar-refractivity contribution is 7.96. The summed E-state index contributed by atoms with van der Waals surface area (Å²) in [6, 6.07) is 0. The van der Waals surface area contributed by atoms with Crippen LogP contribution in [0.25, 0.3) is 0 Å². The molecule has 0 saturated heterocycles. The Morgan fingerprint density at radius 1 is 1.30 bits per heavy atom. The molecule has 0 rings (SSSR count). The third-order valence-electron chi connectivity index (χ3n) is 0.882. The average molecular weight is 184 g/mol. The Morgan fingerprint density at radius 3 is 1.80 bits per heavy atom. The summed E-state index contributed by atoms with van der Waals surface area (Å²) in [7, 11) is 0. The number of thiol groups is 2. The first-order chi connectivity index (χ1) is 4.46. The lowest BCUT2D eigenvalue weighted by molar-refractivity contribution is -0.126. The van der Waals surface area contributed by atoms with Crippen LogP contribution in [0.15, 0.2) is 0 Å². The summed E-state index contributed by atoms with van der Waals surface area (Å²) in [4.78, 5) is 10.2. The first kappa shape index (κ1) is 10.2. The fourth-order valence-corrected chi connectivity index (χ4v) is 0.625. The quantitative estimate of drug-likeness (QED) is 0.271. The van der Waals surface area contributed by atoms with Gasteiger partial charge in [-0.3, -0.25) is 4.79 Å². The van der Waals surface area contributed by atoms with Crippen molar-refractivity contribution in [1.29, 1.82) is 0 Å². The van der Waals surface area contributed by atoms with Crippen molar-refractivity contribution >= 4 is 30.4 Å². The molecular weight excluding hydrogens is 176 g/mol. The molecule has 0 aliphatic carbocycles. The molecule has 0 spiro atoms. The molecule has 0 bridgehead atoms. The maximum atomic E-state index is 10.2. The van der Waals surface area contributed by atoms with Gasteiger partial charge in [0.25, 0.3) is 0 Å². The zero-order valence-electron chi connectivity index (χ0n) is 4.88. The molecule has 3 unspecified atom stereocenters. The van der Waals surface area contributed by atoms with Crippen molar-refractivity contribution in [3.8, 4) is 0 Å². The third kappa shape index (κ3) is 2.89. The lowest BCUT2D eigenvalue weighted by Crippen LogP contribution is -2.38. The lowest BCUT2D eigenvalue weighted by Gasteiger charge is -2.15. The molecule has 10 heavy (non-hydrogen) atoms. The van der Waals surface area contributed by atoms with E-state index in [2.05, 4.69) is 25.3 Å². The highest BCUT2D eigenvalue weighted by Gasteiger charge is 2.25. The number of aliphatic hydroxyl groups excluding tert-OH is 3. The first-order valence-corrected chi connectivity index (χ1v) is 3.38. The molecule has 0 amide bonds. The number of aliphatic hydroxyl groups is 3. The standard InChI is InChI=1S/C4H8O4S2/c5-1(3(7)9)2(6)4(8)10/h1-3,5-7,9H,(H,8,10). The molecule has 0 radical (unpaired) electrons. The van der Waals surface area contributed by atoms with Gasteiger partial charge in [0.1, 0.15) is 11.5 Å². The summed E-state index contributed by atoms with van der Waals surface area (Å²) in [5.41, 5.74) is -1.44. The van der Waals surface area contributed by atoms with E-state index in [0.29, 0.717) is 0 Å². The Balaban J connectivity index is 3.94. The van der Waals surface area contributed by atoms with E-state index in [0.717, 1.165) is 0 Å². The molecule has 0 aliphatic heterocycles. The van der Waals surface area contributed by atoms with E-state index < -0.39 is 22.8 Å². The Morgan fingerprint density at radius 2 is 1.70 bits per heavy atom. The second kappa shape index (κ2) is 4.20. The molecule has 60 valence electrons. The van der Waals surface area contributed by atoms with Gasteiger partial charge >= 0.3 is 0 Å². The van der Waals surface area contributed by atoms with Gasteiger partial charge in [0.05, 0.1) is 0 Å². The van der Waals surface area contributed by atoms with Crippen LogP contribution < -0.4 is 0 Å². The molecule has 3 N–H and O–H groups in total. The highest BCUT2D eigenvalue weighted by Crippen LogP contribution is 2.05. The predicted octanol–water partition coefficient (Wildman–Crippen LogP) is -1.59. The minimum Gasteiger partial charge on any atom is -0.386 e. The normalized spacial score (nSPS) is 19.7. The second-order valence-corrected chi connectivity index (χ2v) is 2.66. The molecule has 0 saturated carbocycles. The maximum absolute atomic E-state index is 10.2. The minimum atomic E-state index is -1.68. The van der Waals surface area contributed by atoms with Crippen LogP contribution in [0, 0.1) is 0 Å². The zero-order valence-corrected chi connectivity index (χ0v) is 6.67. The molecule has 6 heteroatoms. The van der Waals surface area contributed by atoms with Gasteiger partial charge in [0.15, 0.2) is 6.10 Å². The SMILES string of the molecule is O=C(S)C(O)C(O)C(O)S. The zero-order chi connectivity index (χ0) is 8.31. The topological polar surface area (TPSA) is 77.8 Å². The monoisotopic (exact) mass is 184 g/mol. The molecule has 0 aliphatic rings. The van der Waals surface area contributed by atoms with Crippen molar-refractivity contribution in [2.45, 2.75) is 17.6 Å². The van der Waals surface area contributed by atoms with Crippen molar-refractivity contribution in [2.24, 2.45) is 0 Å². The summed E-state index contributed by atoms with van der Waals surface area (Å²) in [6.45, 7) is 0. The van der Waals surface area contributed by atoms with Crippen molar-refractivity contribution in [3.05, 3.63) is 0 Å². The van der Waals surface area contributed by atoms with E-state index in [1.54, 1.807) is 0 Å². The molecule has 0 fully saturated rings. The molecule has 4 nitrogen and oxygen atoms in total. The molecular formula is C4H8O4S2. The van der Waals surface area contributed by atoms with E-state index >= 15 is 0 Å². The minimum absolute atomic E-state index is 0.902. The molecule has 0 heterocycles. The van der Waals surface area contributed by atoms with Gasteiger partial charge in [-0.25, -0.2) is 0 Å². The number of rotatable bonds is 3. The molecule has 0 aromatic heterocycles. The van der Waals surface area contributed by atoms with Gasteiger partial charge < -0.3 is 15.3 Å². The van der Waals surface area contributed by atoms with Crippen molar-refractivity contribution < 1.29 is 20.1 Å². The Hall–Kier alpha value is 0.250. The van der Waals surface area contributed by atoms with Gasteiger partial charge in [0.2, 0.25) is 5.12 Å². The highest BCUT2D eigenvalue weighted by atomic mass is 32.1. The van der Waals surface area contributed by atoms with Gasteiger partial charge in [-0.1, -0.05) is 0 Å². The fraction of sp³-hybridized carbons (Fsp3) is 0.750. The lowest BCUT2D eigenvalue weighted by atomic mass is 10.2. The summed E-state index contributed by atoms with van der Waals surface area (Å²) >= 11 is 6.62. The number of hydrogen-bond donors (Lipinski definition) is 5. The summed E-state index contributed by atoms with van der Waals surface area (Å²) in [6.07, 6.45) is -3.27. The van der Waals surface area contributed by atoms with E-state index in [1.165, 1.54) is 0 Å². The summed E-state index contributed by atoms with van der Waals surface area (Å²) in [5.74, 6) is 0. The van der Waals surface area contributed by atoms with Crippen LogP contribution in [0.3, 0.4) is 0 Å². The number of carbonyl (C=O) groups is 1. The van der Waals surface area contributed by atoms with Gasteiger partial charge in [-0.05, 0) is 0 Å². The van der Waals surface area contributed by atoms with Crippen LogP contribution in [-0.4, -0.2) is 38.1 Å². The van der Waals surface area contributed by atoms with E-state index in [4.69, 9.17) is 15.3 Å². The van der Waals surface area contributed by atoms with E-state index in [1.807, 2.05) is 0 Å². The predicted molar refractivity (Wildman–Crippen MR) is 41.0 cm³/mol. The van der Waals surface area contributed by atoms with Crippen molar-refractivity contribution in [3.63, 3.8) is 0 Å². The Labute approximate surface area is 68.7 Å². The smallest absolute Gasteiger partial charge is 0.217 e. The maximum Gasteiger partial charge on any atom is 0.217 e. The largest absolute Gasteiger partial charge is 0.386 e. The van der Waals surface area contributed by atoms with Crippen LogP contribution in [0.2, 0.25) is 0 Å². The number of carbonyl (C=O) groups excluding carboxylic acids is 1. The second-order valence-electron chi connectivity index (χ2n) is 1.69. The van der Waals surface area contributed by atoms with Gasteiger partial charge in [0, 0.05) is 0 Å². The molecule has 3 atom stereocenters. The van der Waals surface area contributed by atoms with E-state index in [9.17, 15) is 4.79 Å².